The normalized spacial score (nSPS) is 22.9. The van der Waals surface area contributed by atoms with Gasteiger partial charge in [0.2, 0.25) is 0 Å². The van der Waals surface area contributed by atoms with Crippen molar-refractivity contribution in [2.45, 2.75) is 25.5 Å². The fourth-order valence-electron chi connectivity index (χ4n) is 2.52. The molecule has 1 aliphatic rings. The van der Waals surface area contributed by atoms with Gasteiger partial charge in [0, 0.05) is 18.1 Å². The second-order valence-corrected chi connectivity index (χ2v) is 5.15. The van der Waals surface area contributed by atoms with Crippen LogP contribution in [0.1, 0.15) is 18.4 Å². The molecule has 2 N–H and O–H groups in total. The Kier molecular flexibility index (Phi) is 3.26. The third-order valence-electron chi connectivity index (χ3n) is 3.64. The zero-order valence-corrected chi connectivity index (χ0v) is 10.3. The number of aliphatic hydroxyl groups is 1. The summed E-state index contributed by atoms with van der Waals surface area (Å²) >= 11 is 0. The van der Waals surface area contributed by atoms with Crippen LogP contribution in [0.25, 0.3) is 10.9 Å². The smallest absolute Gasteiger partial charge is 0.0702 e. The summed E-state index contributed by atoms with van der Waals surface area (Å²) in [6.45, 7) is 1.89. The highest BCUT2D eigenvalue weighted by Gasteiger charge is 2.26. The number of aromatic nitrogens is 1. The summed E-state index contributed by atoms with van der Waals surface area (Å²) in [7, 11) is 0. The fourth-order valence-corrected chi connectivity index (χ4v) is 2.52. The lowest BCUT2D eigenvalue weighted by Gasteiger charge is -2.31. The molecule has 0 bridgehead atoms. The van der Waals surface area contributed by atoms with Gasteiger partial charge in [-0.1, -0.05) is 12.1 Å². The van der Waals surface area contributed by atoms with E-state index in [1.54, 1.807) is 0 Å². The molecule has 0 radical (unpaired) electrons. The van der Waals surface area contributed by atoms with Crippen LogP contribution in [0.3, 0.4) is 0 Å². The Morgan fingerprint density at radius 2 is 2.17 bits per heavy atom. The molecule has 1 aromatic carbocycles. The minimum absolute atomic E-state index is 0.0523. The lowest BCUT2D eigenvalue weighted by molar-refractivity contribution is 0.0430. The average molecular weight is 242 g/mol. The Morgan fingerprint density at radius 3 is 3.00 bits per heavy atom. The van der Waals surface area contributed by atoms with E-state index in [0.717, 1.165) is 31.4 Å². The molecule has 3 rings (SSSR count). The summed E-state index contributed by atoms with van der Waals surface area (Å²) in [5.41, 5.74) is 2.33. The first kappa shape index (κ1) is 11.6. The van der Waals surface area contributed by atoms with Crippen molar-refractivity contribution in [1.29, 1.82) is 0 Å². The van der Waals surface area contributed by atoms with Gasteiger partial charge in [-0.2, -0.15) is 0 Å². The van der Waals surface area contributed by atoms with E-state index >= 15 is 0 Å². The van der Waals surface area contributed by atoms with E-state index in [-0.39, 0.29) is 6.10 Å². The van der Waals surface area contributed by atoms with Crippen LogP contribution >= 0.6 is 0 Å². The van der Waals surface area contributed by atoms with Crippen LogP contribution in [0.4, 0.5) is 0 Å². The van der Waals surface area contributed by atoms with Crippen molar-refractivity contribution >= 4 is 10.9 Å². The molecule has 1 heterocycles. The SMILES string of the molecule is OC1CC(CNCc2ccc3ncccc3c2)C1. The molecule has 18 heavy (non-hydrogen) atoms. The number of pyridine rings is 1. The molecule has 0 spiro atoms. The van der Waals surface area contributed by atoms with Gasteiger partial charge in [0.15, 0.2) is 0 Å². The number of nitrogens with one attached hydrogen (secondary N) is 1. The summed E-state index contributed by atoms with van der Waals surface area (Å²) in [6.07, 6.45) is 3.68. The topological polar surface area (TPSA) is 45.1 Å². The minimum atomic E-state index is -0.0523. The number of hydrogen-bond acceptors (Lipinski definition) is 3. The molecule has 1 aromatic heterocycles. The minimum Gasteiger partial charge on any atom is -0.393 e. The van der Waals surface area contributed by atoms with Gasteiger partial charge in [-0.3, -0.25) is 4.98 Å². The highest BCUT2D eigenvalue weighted by molar-refractivity contribution is 5.78. The summed E-state index contributed by atoms with van der Waals surface area (Å²) in [6, 6.07) is 10.4. The first-order valence-corrected chi connectivity index (χ1v) is 6.54. The Bertz CT molecular complexity index is 535. The molecule has 0 aliphatic heterocycles. The highest BCUT2D eigenvalue weighted by atomic mass is 16.3. The first-order valence-electron chi connectivity index (χ1n) is 6.54. The molecule has 3 heteroatoms. The number of rotatable bonds is 4. The van der Waals surface area contributed by atoms with Gasteiger partial charge in [0.1, 0.15) is 0 Å². The standard InChI is InChI=1S/C15H18N2O/c18-14-7-12(8-14)10-16-9-11-3-4-15-13(6-11)2-1-5-17-15/h1-6,12,14,16,18H,7-10H2. The van der Waals surface area contributed by atoms with E-state index in [1.807, 2.05) is 12.3 Å². The molecule has 1 fully saturated rings. The van der Waals surface area contributed by atoms with E-state index in [1.165, 1.54) is 10.9 Å². The Balaban J connectivity index is 1.57. The Labute approximate surface area is 107 Å². The predicted molar refractivity (Wildman–Crippen MR) is 72.2 cm³/mol. The molecule has 3 nitrogen and oxygen atoms in total. The van der Waals surface area contributed by atoms with Crippen molar-refractivity contribution in [3.8, 4) is 0 Å². The monoisotopic (exact) mass is 242 g/mol. The molecule has 1 saturated carbocycles. The predicted octanol–water partition coefficient (Wildman–Crippen LogP) is 2.10. The number of hydrogen-bond donors (Lipinski definition) is 2. The third kappa shape index (κ3) is 2.52. The van der Waals surface area contributed by atoms with Gasteiger partial charge < -0.3 is 10.4 Å². The van der Waals surface area contributed by atoms with Gasteiger partial charge >= 0.3 is 0 Å². The van der Waals surface area contributed by atoms with Crippen LogP contribution in [0.5, 0.6) is 0 Å². The van der Waals surface area contributed by atoms with E-state index in [0.29, 0.717) is 5.92 Å². The van der Waals surface area contributed by atoms with Crippen LogP contribution in [0.2, 0.25) is 0 Å². The van der Waals surface area contributed by atoms with Crippen molar-refractivity contribution in [1.82, 2.24) is 10.3 Å². The summed E-state index contributed by atoms with van der Waals surface area (Å²) in [5, 5.41) is 13.9. The van der Waals surface area contributed by atoms with Crippen molar-refractivity contribution in [2.24, 2.45) is 5.92 Å². The lowest BCUT2D eigenvalue weighted by atomic mass is 9.82. The number of benzene rings is 1. The number of fused-ring (bicyclic) bond motifs is 1. The molecule has 2 aromatic rings. The number of aliphatic hydroxyl groups excluding tert-OH is 1. The van der Waals surface area contributed by atoms with Gasteiger partial charge in [0.05, 0.1) is 11.6 Å². The first-order chi connectivity index (χ1) is 8.81. The molecular weight excluding hydrogens is 224 g/mol. The van der Waals surface area contributed by atoms with Crippen LogP contribution in [0, 0.1) is 5.92 Å². The highest BCUT2D eigenvalue weighted by Crippen LogP contribution is 2.26. The molecule has 0 saturated heterocycles. The van der Waals surface area contributed by atoms with Crippen molar-refractivity contribution in [3.63, 3.8) is 0 Å². The van der Waals surface area contributed by atoms with Crippen LogP contribution in [-0.2, 0) is 6.54 Å². The van der Waals surface area contributed by atoms with E-state index in [2.05, 4.69) is 34.6 Å². The number of nitrogens with zero attached hydrogens (tertiary/aromatic N) is 1. The van der Waals surface area contributed by atoms with Crippen LogP contribution in [-0.4, -0.2) is 22.7 Å². The molecular formula is C15H18N2O. The quantitative estimate of drug-likeness (QED) is 0.863. The van der Waals surface area contributed by atoms with E-state index < -0.39 is 0 Å². The molecule has 1 aliphatic carbocycles. The molecule has 0 atom stereocenters. The third-order valence-corrected chi connectivity index (χ3v) is 3.64. The van der Waals surface area contributed by atoms with Gasteiger partial charge in [-0.25, -0.2) is 0 Å². The Hall–Kier alpha value is -1.45. The fraction of sp³-hybridized carbons (Fsp3) is 0.400. The molecule has 0 unspecified atom stereocenters. The Morgan fingerprint density at radius 1 is 1.28 bits per heavy atom. The summed E-state index contributed by atoms with van der Waals surface area (Å²) in [5.74, 6) is 0.655. The maximum atomic E-state index is 9.22. The molecule has 94 valence electrons. The van der Waals surface area contributed by atoms with Gasteiger partial charge in [0.25, 0.3) is 0 Å². The van der Waals surface area contributed by atoms with Crippen molar-refractivity contribution in [2.75, 3.05) is 6.54 Å². The largest absolute Gasteiger partial charge is 0.393 e. The van der Waals surface area contributed by atoms with Crippen LogP contribution in [0.15, 0.2) is 36.5 Å². The van der Waals surface area contributed by atoms with Gasteiger partial charge in [-0.15, -0.1) is 0 Å². The second kappa shape index (κ2) is 5.04. The zero-order valence-electron chi connectivity index (χ0n) is 10.3. The maximum absolute atomic E-state index is 9.22. The van der Waals surface area contributed by atoms with Crippen molar-refractivity contribution < 1.29 is 5.11 Å². The lowest BCUT2D eigenvalue weighted by Crippen LogP contribution is -2.35. The summed E-state index contributed by atoms with van der Waals surface area (Å²) < 4.78 is 0. The van der Waals surface area contributed by atoms with Crippen molar-refractivity contribution in [3.05, 3.63) is 42.1 Å². The average Bonchev–Trinajstić information content (AvgIpc) is 2.36. The van der Waals surface area contributed by atoms with E-state index in [4.69, 9.17) is 0 Å². The maximum Gasteiger partial charge on any atom is 0.0702 e. The summed E-state index contributed by atoms with van der Waals surface area (Å²) in [4.78, 5) is 4.31. The van der Waals surface area contributed by atoms with E-state index in [9.17, 15) is 5.11 Å². The molecule has 0 amide bonds. The second-order valence-electron chi connectivity index (χ2n) is 5.15. The van der Waals surface area contributed by atoms with Gasteiger partial charge in [-0.05, 0) is 49.1 Å². The zero-order chi connectivity index (χ0) is 12.4. The van der Waals surface area contributed by atoms with Crippen LogP contribution < -0.4 is 5.32 Å².